The number of aromatic hydroxyl groups is 1. The first kappa shape index (κ1) is 14.3. The second-order valence-corrected chi connectivity index (χ2v) is 3.92. The smallest absolute Gasteiger partial charge is 0.123 e. The summed E-state index contributed by atoms with van der Waals surface area (Å²) in [4.78, 5) is 0. The van der Waals surface area contributed by atoms with Gasteiger partial charge in [0, 0.05) is 11.6 Å². The van der Waals surface area contributed by atoms with E-state index in [4.69, 9.17) is 5.73 Å². The van der Waals surface area contributed by atoms with Crippen molar-refractivity contribution < 1.29 is 5.11 Å². The highest BCUT2D eigenvalue weighted by Crippen LogP contribution is 2.30. The molecule has 0 saturated heterocycles. The number of para-hydroxylation sites is 1. The number of benzene rings is 1. The summed E-state index contributed by atoms with van der Waals surface area (Å²) in [5, 5.41) is 9.83. The molecule has 0 aliphatic heterocycles. The van der Waals surface area contributed by atoms with Crippen LogP contribution < -0.4 is 5.73 Å². The van der Waals surface area contributed by atoms with E-state index in [0.717, 1.165) is 17.5 Å². The van der Waals surface area contributed by atoms with Crippen molar-refractivity contribution in [3.05, 3.63) is 29.3 Å². The highest BCUT2D eigenvalue weighted by atomic mass is 35.5. The third kappa shape index (κ3) is 3.11. The van der Waals surface area contributed by atoms with Crippen LogP contribution in [-0.2, 0) is 0 Å². The Balaban J connectivity index is 0.00000196. The number of hydrogen-bond acceptors (Lipinski definition) is 2. The molecule has 0 aromatic heterocycles. The summed E-state index contributed by atoms with van der Waals surface area (Å²) in [6.45, 7) is 6.10. The lowest BCUT2D eigenvalue weighted by Crippen LogP contribution is -2.18. The lowest BCUT2D eigenvalue weighted by Gasteiger charge is -2.20. The lowest BCUT2D eigenvalue weighted by molar-refractivity contribution is 0.417. The zero-order valence-corrected chi connectivity index (χ0v) is 10.3. The van der Waals surface area contributed by atoms with Crippen molar-refractivity contribution in [2.24, 2.45) is 11.7 Å². The Morgan fingerprint density at radius 1 is 1.40 bits per heavy atom. The molecule has 0 radical (unpaired) electrons. The van der Waals surface area contributed by atoms with Crippen molar-refractivity contribution >= 4 is 12.4 Å². The van der Waals surface area contributed by atoms with Crippen molar-refractivity contribution in [3.63, 3.8) is 0 Å². The molecule has 15 heavy (non-hydrogen) atoms. The van der Waals surface area contributed by atoms with Gasteiger partial charge in [-0.2, -0.15) is 0 Å². The molecule has 1 aromatic carbocycles. The summed E-state index contributed by atoms with van der Waals surface area (Å²) >= 11 is 0. The maximum Gasteiger partial charge on any atom is 0.123 e. The summed E-state index contributed by atoms with van der Waals surface area (Å²) in [6.07, 6.45) is 1.02. The maximum absolute atomic E-state index is 9.83. The minimum Gasteiger partial charge on any atom is -0.507 e. The standard InChI is InChI=1S/C12H19NO.ClH/c1-4-8(2)11(13)10-7-5-6-9(3)12(10)14;/h5-8,11,14H,4,13H2,1-3H3;1H/t8?,11-;/m1./s1. The summed E-state index contributed by atoms with van der Waals surface area (Å²) in [7, 11) is 0. The first-order valence-electron chi connectivity index (χ1n) is 5.12. The normalized spacial score (nSPS) is 14.1. The predicted molar refractivity (Wildman–Crippen MR) is 66.5 cm³/mol. The van der Waals surface area contributed by atoms with Crippen molar-refractivity contribution in [2.45, 2.75) is 33.2 Å². The van der Waals surface area contributed by atoms with E-state index in [1.165, 1.54) is 0 Å². The number of nitrogens with two attached hydrogens (primary N) is 1. The fourth-order valence-electron chi connectivity index (χ4n) is 1.51. The van der Waals surface area contributed by atoms with Gasteiger partial charge in [0.1, 0.15) is 5.75 Å². The molecule has 3 N–H and O–H groups in total. The van der Waals surface area contributed by atoms with Crippen molar-refractivity contribution in [2.75, 3.05) is 0 Å². The molecular formula is C12H20ClNO. The van der Waals surface area contributed by atoms with E-state index in [1.54, 1.807) is 0 Å². The molecule has 0 saturated carbocycles. The SMILES string of the molecule is CCC(C)[C@@H](N)c1cccc(C)c1O.Cl. The first-order valence-corrected chi connectivity index (χ1v) is 5.12. The van der Waals surface area contributed by atoms with E-state index in [9.17, 15) is 5.11 Å². The van der Waals surface area contributed by atoms with Crippen molar-refractivity contribution in [1.82, 2.24) is 0 Å². The van der Waals surface area contributed by atoms with Gasteiger partial charge in [-0.1, -0.05) is 38.5 Å². The zero-order chi connectivity index (χ0) is 10.7. The van der Waals surface area contributed by atoms with Crippen LogP contribution in [0.1, 0.15) is 37.4 Å². The molecule has 0 bridgehead atoms. The Morgan fingerprint density at radius 3 is 2.53 bits per heavy atom. The van der Waals surface area contributed by atoms with Crippen LogP contribution in [0.4, 0.5) is 0 Å². The van der Waals surface area contributed by atoms with Crippen LogP contribution in [0.5, 0.6) is 5.75 Å². The zero-order valence-electron chi connectivity index (χ0n) is 9.53. The minimum absolute atomic E-state index is 0. The van der Waals surface area contributed by atoms with Gasteiger partial charge in [0.05, 0.1) is 0 Å². The van der Waals surface area contributed by atoms with Crippen LogP contribution in [0.25, 0.3) is 0 Å². The summed E-state index contributed by atoms with van der Waals surface area (Å²) < 4.78 is 0. The van der Waals surface area contributed by atoms with E-state index in [0.29, 0.717) is 11.7 Å². The van der Waals surface area contributed by atoms with Crippen LogP contribution in [0, 0.1) is 12.8 Å². The highest BCUT2D eigenvalue weighted by Gasteiger charge is 2.16. The van der Waals surface area contributed by atoms with E-state index in [-0.39, 0.29) is 18.4 Å². The van der Waals surface area contributed by atoms with Gasteiger partial charge in [-0.25, -0.2) is 0 Å². The quantitative estimate of drug-likeness (QED) is 0.837. The molecule has 2 nitrogen and oxygen atoms in total. The van der Waals surface area contributed by atoms with Gasteiger partial charge < -0.3 is 10.8 Å². The number of phenols is 1. The largest absolute Gasteiger partial charge is 0.507 e. The van der Waals surface area contributed by atoms with Gasteiger partial charge in [0.2, 0.25) is 0 Å². The monoisotopic (exact) mass is 229 g/mol. The van der Waals surface area contributed by atoms with Crippen LogP contribution in [0.3, 0.4) is 0 Å². The highest BCUT2D eigenvalue weighted by molar-refractivity contribution is 5.85. The van der Waals surface area contributed by atoms with E-state index in [1.807, 2.05) is 25.1 Å². The molecule has 1 unspecified atom stereocenters. The molecule has 0 aliphatic carbocycles. The van der Waals surface area contributed by atoms with E-state index >= 15 is 0 Å². The second-order valence-electron chi connectivity index (χ2n) is 3.92. The fourth-order valence-corrected chi connectivity index (χ4v) is 1.51. The van der Waals surface area contributed by atoms with Gasteiger partial charge in [0.25, 0.3) is 0 Å². The van der Waals surface area contributed by atoms with Crippen LogP contribution in [0.2, 0.25) is 0 Å². The molecule has 1 rings (SSSR count). The van der Waals surface area contributed by atoms with E-state index in [2.05, 4.69) is 13.8 Å². The van der Waals surface area contributed by atoms with E-state index < -0.39 is 0 Å². The second kappa shape index (κ2) is 5.99. The minimum atomic E-state index is -0.0695. The lowest BCUT2D eigenvalue weighted by atomic mass is 9.92. The number of hydrogen-bond donors (Lipinski definition) is 2. The number of phenolic OH excluding ortho intramolecular Hbond substituents is 1. The number of aryl methyl sites for hydroxylation is 1. The Bertz CT molecular complexity index is 314. The van der Waals surface area contributed by atoms with Crippen molar-refractivity contribution in [3.8, 4) is 5.75 Å². The van der Waals surface area contributed by atoms with Crippen LogP contribution in [-0.4, -0.2) is 5.11 Å². The molecule has 0 fully saturated rings. The average Bonchev–Trinajstić information content (AvgIpc) is 2.20. The summed E-state index contributed by atoms with van der Waals surface area (Å²) in [5.74, 6) is 0.739. The molecule has 0 aliphatic rings. The topological polar surface area (TPSA) is 46.2 Å². The molecule has 2 atom stereocenters. The number of halogens is 1. The Kier molecular flexibility index (Phi) is 5.69. The molecule has 86 valence electrons. The third-order valence-electron chi connectivity index (χ3n) is 2.89. The van der Waals surface area contributed by atoms with Gasteiger partial charge in [-0.3, -0.25) is 0 Å². The molecule has 0 amide bonds. The molecule has 0 spiro atoms. The fraction of sp³-hybridized carbons (Fsp3) is 0.500. The van der Waals surface area contributed by atoms with Gasteiger partial charge in [0.15, 0.2) is 0 Å². The summed E-state index contributed by atoms with van der Waals surface area (Å²) in [6, 6.07) is 5.66. The Morgan fingerprint density at radius 2 is 2.00 bits per heavy atom. The van der Waals surface area contributed by atoms with Crippen LogP contribution in [0.15, 0.2) is 18.2 Å². The average molecular weight is 230 g/mol. The Labute approximate surface area is 97.9 Å². The predicted octanol–water partition coefficient (Wildman–Crippen LogP) is 3.17. The van der Waals surface area contributed by atoms with Crippen molar-refractivity contribution in [1.29, 1.82) is 0 Å². The molecule has 1 aromatic rings. The summed E-state index contributed by atoms with van der Waals surface area (Å²) in [5.41, 5.74) is 7.81. The van der Waals surface area contributed by atoms with Gasteiger partial charge in [-0.15, -0.1) is 12.4 Å². The molecule has 3 heteroatoms. The van der Waals surface area contributed by atoms with Gasteiger partial charge >= 0.3 is 0 Å². The Hall–Kier alpha value is -0.730. The van der Waals surface area contributed by atoms with Gasteiger partial charge in [-0.05, 0) is 18.4 Å². The maximum atomic E-state index is 9.83. The number of rotatable bonds is 3. The molecule has 0 heterocycles. The first-order chi connectivity index (χ1) is 6.57. The van der Waals surface area contributed by atoms with Crippen LogP contribution >= 0.6 is 12.4 Å². The molecular weight excluding hydrogens is 210 g/mol. The third-order valence-corrected chi connectivity index (χ3v) is 2.89.